The third kappa shape index (κ3) is 1.65. The van der Waals surface area contributed by atoms with Gasteiger partial charge in [0.05, 0.1) is 0 Å². The molecule has 1 aliphatic heterocycles. The summed E-state index contributed by atoms with van der Waals surface area (Å²) in [5.41, 5.74) is 2.32. The molecule has 0 aromatic heterocycles. The zero-order chi connectivity index (χ0) is 10.1. The van der Waals surface area contributed by atoms with Gasteiger partial charge in [-0.25, -0.2) is 4.39 Å². The van der Waals surface area contributed by atoms with Crippen LogP contribution in [0, 0.1) is 5.82 Å². The molecule has 0 bridgehead atoms. The van der Waals surface area contributed by atoms with Gasteiger partial charge in [-0.15, -0.1) is 0 Å². The Morgan fingerprint density at radius 2 is 2.21 bits per heavy atom. The second-order valence-corrected chi connectivity index (χ2v) is 3.95. The largest absolute Gasteiger partial charge is 0.311 e. The van der Waals surface area contributed by atoms with Crippen molar-refractivity contribution in [3.05, 3.63) is 35.1 Å². The van der Waals surface area contributed by atoms with E-state index in [1.165, 1.54) is 11.6 Å². The number of nitrogens with one attached hydrogen (secondary N) is 1. The quantitative estimate of drug-likeness (QED) is 0.729. The topological polar surface area (TPSA) is 15.3 Å². The summed E-state index contributed by atoms with van der Waals surface area (Å²) < 4.78 is 13.1. The zero-order valence-corrected chi connectivity index (χ0v) is 8.55. The number of likely N-dealkylation sites (N-methyl/N-ethyl adjacent to an activating group) is 1. The van der Waals surface area contributed by atoms with E-state index in [1.807, 2.05) is 20.2 Å². The molecule has 0 aliphatic carbocycles. The molecule has 2 rings (SSSR count). The number of hydrogen-bond acceptors (Lipinski definition) is 2. The smallest absolute Gasteiger partial charge is 0.123 e. The van der Waals surface area contributed by atoms with Gasteiger partial charge in [0.1, 0.15) is 5.82 Å². The van der Waals surface area contributed by atoms with E-state index in [0.717, 1.165) is 18.7 Å². The van der Waals surface area contributed by atoms with Gasteiger partial charge in [-0.3, -0.25) is 0 Å². The van der Waals surface area contributed by atoms with E-state index in [0.29, 0.717) is 0 Å². The highest BCUT2D eigenvalue weighted by Crippen LogP contribution is 2.25. The number of fused-ring (bicyclic) bond motifs is 1. The highest BCUT2D eigenvalue weighted by Gasteiger charge is 2.21. The molecule has 1 aliphatic rings. The number of rotatable bonds is 1. The Morgan fingerprint density at radius 3 is 2.93 bits per heavy atom. The second-order valence-electron chi connectivity index (χ2n) is 3.95. The van der Waals surface area contributed by atoms with Crippen LogP contribution in [0.5, 0.6) is 0 Å². The Bertz CT molecular complexity index is 336. The average Bonchev–Trinajstić information content (AvgIpc) is 2.16. The lowest BCUT2D eigenvalue weighted by molar-refractivity contribution is 0.275. The Morgan fingerprint density at radius 1 is 1.43 bits per heavy atom. The van der Waals surface area contributed by atoms with Crippen LogP contribution in [0.15, 0.2) is 18.2 Å². The van der Waals surface area contributed by atoms with E-state index in [4.69, 9.17) is 0 Å². The first-order valence-electron chi connectivity index (χ1n) is 4.84. The van der Waals surface area contributed by atoms with Crippen molar-refractivity contribution in [2.45, 2.75) is 12.6 Å². The zero-order valence-electron chi connectivity index (χ0n) is 8.55. The van der Waals surface area contributed by atoms with Crippen molar-refractivity contribution in [3.8, 4) is 0 Å². The molecular weight excluding hydrogens is 179 g/mol. The van der Waals surface area contributed by atoms with Crippen LogP contribution in [-0.4, -0.2) is 25.5 Å². The Kier molecular flexibility index (Phi) is 2.52. The fourth-order valence-electron chi connectivity index (χ4n) is 1.95. The molecule has 0 saturated heterocycles. The molecule has 0 amide bonds. The van der Waals surface area contributed by atoms with Gasteiger partial charge >= 0.3 is 0 Å². The summed E-state index contributed by atoms with van der Waals surface area (Å²) in [5, 5.41) is 3.33. The van der Waals surface area contributed by atoms with Crippen LogP contribution in [0.25, 0.3) is 0 Å². The van der Waals surface area contributed by atoms with Crippen LogP contribution >= 0.6 is 0 Å². The first-order valence-corrected chi connectivity index (χ1v) is 4.84. The lowest BCUT2D eigenvalue weighted by atomic mass is 9.96. The molecule has 0 spiro atoms. The van der Waals surface area contributed by atoms with Gasteiger partial charge < -0.3 is 10.2 Å². The Labute approximate surface area is 83.7 Å². The predicted octanol–water partition coefficient (Wildman–Crippen LogP) is 1.53. The average molecular weight is 194 g/mol. The van der Waals surface area contributed by atoms with Crippen LogP contribution < -0.4 is 5.32 Å². The number of nitrogens with zero attached hydrogens (tertiary/aromatic N) is 1. The summed E-state index contributed by atoms with van der Waals surface area (Å²) in [5.74, 6) is -0.141. The second kappa shape index (κ2) is 3.67. The van der Waals surface area contributed by atoms with Gasteiger partial charge in [-0.2, -0.15) is 0 Å². The predicted molar refractivity (Wildman–Crippen MR) is 54.5 cm³/mol. The Balaban J connectivity index is 2.41. The van der Waals surface area contributed by atoms with Crippen molar-refractivity contribution in [2.75, 3.05) is 20.6 Å². The van der Waals surface area contributed by atoms with Gasteiger partial charge in [0, 0.05) is 19.1 Å². The van der Waals surface area contributed by atoms with Gasteiger partial charge in [-0.1, -0.05) is 6.07 Å². The minimum absolute atomic E-state index is 0.141. The maximum absolute atomic E-state index is 13.1. The van der Waals surface area contributed by atoms with Crippen LogP contribution in [0.4, 0.5) is 4.39 Å². The van der Waals surface area contributed by atoms with E-state index < -0.39 is 0 Å². The van der Waals surface area contributed by atoms with Crippen molar-refractivity contribution in [3.63, 3.8) is 0 Å². The monoisotopic (exact) mass is 194 g/mol. The first-order chi connectivity index (χ1) is 6.68. The molecular formula is C11H15FN2. The summed E-state index contributed by atoms with van der Waals surface area (Å²) in [6.45, 7) is 1.74. The van der Waals surface area contributed by atoms with E-state index in [-0.39, 0.29) is 11.9 Å². The standard InChI is InChI=1S/C11H15FN2/c1-14(2)11-7-13-6-8-3-4-9(12)5-10(8)11/h3-5,11,13H,6-7H2,1-2H3/t11-/m0/s1. The SMILES string of the molecule is CN(C)[C@H]1CNCc2ccc(F)cc21. The van der Waals surface area contributed by atoms with Crippen molar-refractivity contribution in [1.29, 1.82) is 0 Å². The molecule has 0 saturated carbocycles. The summed E-state index contributed by atoms with van der Waals surface area (Å²) >= 11 is 0. The maximum Gasteiger partial charge on any atom is 0.123 e. The minimum Gasteiger partial charge on any atom is -0.311 e. The molecule has 76 valence electrons. The van der Waals surface area contributed by atoms with Gasteiger partial charge in [0.2, 0.25) is 0 Å². The van der Waals surface area contributed by atoms with Crippen molar-refractivity contribution in [2.24, 2.45) is 0 Å². The van der Waals surface area contributed by atoms with Crippen molar-refractivity contribution in [1.82, 2.24) is 10.2 Å². The lowest BCUT2D eigenvalue weighted by Gasteiger charge is -2.31. The van der Waals surface area contributed by atoms with Crippen LogP contribution in [0.2, 0.25) is 0 Å². The van der Waals surface area contributed by atoms with Gasteiger partial charge in [-0.05, 0) is 37.4 Å². The molecule has 0 unspecified atom stereocenters. The molecule has 1 atom stereocenters. The number of halogens is 1. The number of benzene rings is 1. The van der Waals surface area contributed by atoms with E-state index >= 15 is 0 Å². The van der Waals surface area contributed by atoms with Crippen LogP contribution in [-0.2, 0) is 6.54 Å². The van der Waals surface area contributed by atoms with E-state index in [9.17, 15) is 4.39 Å². The third-order valence-corrected chi connectivity index (χ3v) is 2.74. The van der Waals surface area contributed by atoms with Crippen LogP contribution in [0.1, 0.15) is 17.2 Å². The molecule has 0 radical (unpaired) electrons. The Hall–Kier alpha value is -0.930. The molecule has 2 nitrogen and oxygen atoms in total. The first kappa shape index (κ1) is 9.62. The molecule has 1 N–H and O–H groups in total. The van der Waals surface area contributed by atoms with E-state index in [1.54, 1.807) is 6.07 Å². The maximum atomic E-state index is 13.1. The molecule has 1 aromatic carbocycles. The fraction of sp³-hybridized carbons (Fsp3) is 0.455. The van der Waals surface area contributed by atoms with Crippen LogP contribution in [0.3, 0.4) is 0 Å². The third-order valence-electron chi connectivity index (χ3n) is 2.74. The molecule has 0 fully saturated rings. The summed E-state index contributed by atoms with van der Waals surface area (Å²) in [6, 6.07) is 5.33. The van der Waals surface area contributed by atoms with Crippen molar-refractivity contribution < 1.29 is 4.39 Å². The fourth-order valence-corrected chi connectivity index (χ4v) is 1.95. The van der Waals surface area contributed by atoms with Gasteiger partial charge in [0.25, 0.3) is 0 Å². The van der Waals surface area contributed by atoms with Gasteiger partial charge in [0.15, 0.2) is 0 Å². The minimum atomic E-state index is -0.141. The normalized spacial score (nSPS) is 21.0. The van der Waals surface area contributed by atoms with E-state index in [2.05, 4.69) is 10.2 Å². The summed E-state index contributed by atoms with van der Waals surface area (Å²) in [7, 11) is 4.04. The summed E-state index contributed by atoms with van der Waals surface area (Å²) in [4.78, 5) is 2.12. The molecule has 1 heterocycles. The molecule has 14 heavy (non-hydrogen) atoms. The number of hydrogen-bond donors (Lipinski definition) is 1. The highest BCUT2D eigenvalue weighted by molar-refractivity contribution is 5.32. The lowest BCUT2D eigenvalue weighted by Crippen LogP contribution is -2.35. The van der Waals surface area contributed by atoms with Crippen molar-refractivity contribution >= 4 is 0 Å². The molecule has 1 aromatic rings. The highest BCUT2D eigenvalue weighted by atomic mass is 19.1. The molecule has 3 heteroatoms. The summed E-state index contributed by atoms with van der Waals surface area (Å²) in [6.07, 6.45) is 0.